The molecule has 0 saturated heterocycles. The standard InChI is InChI=1S/C27H23ClN2.ClH/c1-29(2)21-18-16-20(17-19-21)27(28)23-12-6-8-14-25(23)30(22-10-4-3-5-11-22)26-15-9-7-13-24(26)27;/h3-19H,1-2H3;1H. The SMILES string of the molecule is CN(C)c1ccc(C2(Cl)c3ccccc3N(c3ccccc3)c3ccccc32)cc1.Cl. The molecule has 0 atom stereocenters. The van der Waals surface area contributed by atoms with Gasteiger partial charge in [0.15, 0.2) is 0 Å². The second kappa shape index (κ2) is 8.30. The summed E-state index contributed by atoms with van der Waals surface area (Å²) >= 11 is 7.61. The quantitative estimate of drug-likeness (QED) is 0.300. The van der Waals surface area contributed by atoms with E-state index < -0.39 is 4.87 Å². The number of hydrogen-bond donors (Lipinski definition) is 0. The topological polar surface area (TPSA) is 6.48 Å². The molecule has 0 fully saturated rings. The Balaban J connectivity index is 0.00000231. The van der Waals surface area contributed by atoms with Crippen LogP contribution in [-0.4, -0.2) is 14.1 Å². The fourth-order valence-corrected chi connectivity index (χ4v) is 4.80. The lowest BCUT2D eigenvalue weighted by atomic mass is 9.79. The van der Waals surface area contributed by atoms with Crippen LogP contribution in [0.5, 0.6) is 0 Å². The molecule has 4 aromatic rings. The summed E-state index contributed by atoms with van der Waals surface area (Å²) < 4.78 is 0. The largest absolute Gasteiger partial charge is 0.378 e. The third-order valence-electron chi connectivity index (χ3n) is 5.83. The molecule has 0 bridgehead atoms. The van der Waals surface area contributed by atoms with Crippen LogP contribution in [0.25, 0.3) is 0 Å². The number of para-hydroxylation sites is 3. The van der Waals surface area contributed by atoms with Crippen molar-refractivity contribution < 1.29 is 0 Å². The highest BCUT2D eigenvalue weighted by molar-refractivity contribution is 6.30. The van der Waals surface area contributed by atoms with Crippen LogP contribution in [0.3, 0.4) is 0 Å². The summed E-state index contributed by atoms with van der Waals surface area (Å²) in [5.74, 6) is 0. The number of fused-ring (bicyclic) bond motifs is 2. The van der Waals surface area contributed by atoms with E-state index in [0.717, 1.165) is 39.4 Å². The lowest BCUT2D eigenvalue weighted by Crippen LogP contribution is -2.32. The van der Waals surface area contributed by atoms with Crippen molar-refractivity contribution in [2.24, 2.45) is 0 Å². The molecule has 1 aliphatic rings. The molecule has 156 valence electrons. The molecule has 0 N–H and O–H groups in total. The Kier molecular flexibility index (Phi) is 5.70. The smallest absolute Gasteiger partial charge is 0.123 e. The molecule has 1 heterocycles. The first kappa shape index (κ1) is 21.3. The molecule has 0 amide bonds. The summed E-state index contributed by atoms with van der Waals surface area (Å²) in [5, 5.41) is 0. The van der Waals surface area contributed by atoms with Gasteiger partial charge in [-0.2, -0.15) is 0 Å². The lowest BCUT2D eigenvalue weighted by Gasteiger charge is -2.42. The molecule has 4 heteroatoms. The monoisotopic (exact) mass is 446 g/mol. The van der Waals surface area contributed by atoms with Crippen LogP contribution >= 0.6 is 24.0 Å². The van der Waals surface area contributed by atoms with Crippen LogP contribution in [-0.2, 0) is 4.87 Å². The van der Waals surface area contributed by atoms with E-state index in [1.165, 1.54) is 0 Å². The second-order valence-electron chi connectivity index (χ2n) is 7.81. The predicted molar refractivity (Wildman–Crippen MR) is 135 cm³/mol. The maximum absolute atomic E-state index is 7.61. The number of rotatable bonds is 3. The Morgan fingerprint density at radius 2 is 1.13 bits per heavy atom. The zero-order valence-electron chi connectivity index (χ0n) is 17.5. The van der Waals surface area contributed by atoms with Gasteiger partial charge in [-0.25, -0.2) is 0 Å². The Labute approximate surface area is 195 Å². The molecule has 31 heavy (non-hydrogen) atoms. The average molecular weight is 447 g/mol. The Bertz CT molecular complexity index is 1140. The van der Waals surface area contributed by atoms with Gasteiger partial charge in [0.25, 0.3) is 0 Å². The summed E-state index contributed by atoms with van der Waals surface area (Å²) in [7, 11) is 4.10. The summed E-state index contributed by atoms with van der Waals surface area (Å²) in [5.41, 5.74) is 7.74. The highest BCUT2D eigenvalue weighted by Gasteiger charge is 2.43. The van der Waals surface area contributed by atoms with E-state index in [1.54, 1.807) is 0 Å². The van der Waals surface area contributed by atoms with E-state index in [0.29, 0.717) is 0 Å². The fourth-order valence-electron chi connectivity index (χ4n) is 4.35. The first-order valence-corrected chi connectivity index (χ1v) is 10.5. The molecular formula is C27H24Cl2N2. The lowest BCUT2D eigenvalue weighted by molar-refractivity contribution is 0.853. The maximum atomic E-state index is 7.61. The molecule has 0 unspecified atom stereocenters. The van der Waals surface area contributed by atoms with Crippen LogP contribution in [0.2, 0.25) is 0 Å². The minimum Gasteiger partial charge on any atom is -0.378 e. The van der Waals surface area contributed by atoms with Crippen LogP contribution in [0.1, 0.15) is 16.7 Å². The third-order valence-corrected chi connectivity index (χ3v) is 6.45. The van der Waals surface area contributed by atoms with Crippen molar-refractivity contribution in [3.8, 4) is 0 Å². The summed E-state index contributed by atoms with van der Waals surface area (Å²) in [4.78, 5) is 3.65. The first-order chi connectivity index (χ1) is 14.6. The van der Waals surface area contributed by atoms with Gasteiger partial charge >= 0.3 is 0 Å². The highest BCUT2D eigenvalue weighted by Crippen LogP contribution is 2.56. The summed E-state index contributed by atoms with van der Waals surface area (Å²) in [6, 6.07) is 35.9. The van der Waals surface area contributed by atoms with Crippen molar-refractivity contribution in [3.63, 3.8) is 0 Å². The molecule has 4 aromatic carbocycles. The number of hydrogen-bond acceptors (Lipinski definition) is 2. The van der Waals surface area contributed by atoms with E-state index in [1.807, 2.05) is 6.07 Å². The zero-order valence-corrected chi connectivity index (χ0v) is 19.1. The summed E-state index contributed by atoms with van der Waals surface area (Å²) in [6.45, 7) is 0. The van der Waals surface area contributed by atoms with E-state index in [4.69, 9.17) is 11.6 Å². The Morgan fingerprint density at radius 3 is 1.65 bits per heavy atom. The number of anilines is 4. The number of nitrogens with zero attached hydrogens (tertiary/aromatic N) is 2. The first-order valence-electron chi connectivity index (χ1n) is 10.1. The van der Waals surface area contributed by atoms with Crippen molar-refractivity contribution in [1.29, 1.82) is 0 Å². The van der Waals surface area contributed by atoms with Gasteiger partial charge in [-0.15, -0.1) is 24.0 Å². The molecule has 0 radical (unpaired) electrons. The van der Waals surface area contributed by atoms with E-state index in [2.05, 4.69) is 121 Å². The summed E-state index contributed by atoms with van der Waals surface area (Å²) in [6.07, 6.45) is 0. The minimum atomic E-state index is -0.761. The molecule has 0 aromatic heterocycles. The average Bonchev–Trinajstić information content (AvgIpc) is 2.80. The Hall–Kier alpha value is -2.94. The van der Waals surface area contributed by atoms with Crippen molar-refractivity contribution >= 4 is 46.8 Å². The van der Waals surface area contributed by atoms with E-state index >= 15 is 0 Å². The maximum Gasteiger partial charge on any atom is 0.123 e. The highest BCUT2D eigenvalue weighted by atomic mass is 35.5. The third kappa shape index (κ3) is 3.37. The van der Waals surface area contributed by atoms with Gasteiger partial charge in [0, 0.05) is 36.6 Å². The van der Waals surface area contributed by atoms with Crippen molar-refractivity contribution in [2.75, 3.05) is 23.9 Å². The molecule has 5 rings (SSSR count). The molecule has 2 nitrogen and oxygen atoms in total. The van der Waals surface area contributed by atoms with Gasteiger partial charge in [-0.3, -0.25) is 0 Å². The van der Waals surface area contributed by atoms with Crippen LogP contribution < -0.4 is 9.80 Å². The van der Waals surface area contributed by atoms with Crippen LogP contribution in [0.15, 0.2) is 103 Å². The molecular weight excluding hydrogens is 423 g/mol. The van der Waals surface area contributed by atoms with Crippen molar-refractivity contribution in [2.45, 2.75) is 4.87 Å². The molecule has 0 saturated carbocycles. The van der Waals surface area contributed by atoms with Gasteiger partial charge in [-0.05, 0) is 42.0 Å². The van der Waals surface area contributed by atoms with Crippen LogP contribution in [0.4, 0.5) is 22.7 Å². The van der Waals surface area contributed by atoms with E-state index in [9.17, 15) is 0 Å². The number of halogens is 2. The van der Waals surface area contributed by atoms with Crippen LogP contribution in [0, 0.1) is 0 Å². The number of benzene rings is 4. The minimum absolute atomic E-state index is 0. The number of alkyl halides is 1. The molecule has 0 aliphatic carbocycles. The fraction of sp³-hybridized carbons (Fsp3) is 0.111. The van der Waals surface area contributed by atoms with Gasteiger partial charge < -0.3 is 9.80 Å². The zero-order chi connectivity index (χ0) is 20.7. The normalized spacial score (nSPS) is 13.6. The van der Waals surface area contributed by atoms with Gasteiger partial charge in [0.1, 0.15) is 4.87 Å². The van der Waals surface area contributed by atoms with Crippen molar-refractivity contribution in [3.05, 3.63) is 120 Å². The van der Waals surface area contributed by atoms with Gasteiger partial charge in [0.2, 0.25) is 0 Å². The molecule has 0 spiro atoms. The molecule has 1 aliphatic heterocycles. The van der Waals surface area contributed by atoms with Crippen molar-refractivity contribution in [1.82, 2.24) is 0 Å². The predicted octanol–water partition coefficient (Wildman–Crippen LogP) is 7.49. The van der Waals surface area contributed by atoms with E-state index in [-0.39, 0.29) is 12.4 Å². The second-order valence-corrected chi connectivity index (χ2v) is 8.37. The van der Waals surface area contributed by atoms with Gasteiger partial charge in [-0.1, -0.05) is 66.7 Å². The Morgan fingerprint density at radius 1 is 0.645 bits per heavy atom. The van der Waals surface area contributed by atoms with Gasteiger partial charge in [0.05, 0.1) is 11.4 Å².